The zero-order valence-electron chi connectivity index (χ0n) is 9.13. The van der Waals surface area contributed by atoms with Gasteiger partial charge in [-0.2, -0.15) is 5.26 Å². The van der Waals surface area contributed by atoms with Crippen molar-refractivity contribution in [2.24, 2.45) is 0 Å². The van der Waals surface area contributed by atoms with Crippen molar-refractivity contribution in [3.8, 4) is 6.07 Å². The molecule has 1 fully saturated rings. The van der Waals surface area contributed by atoms with Crippen molar-refractivity contribution in [3.05, 3.63) is 23.9 Å². The number of aromatic nitrogens is 1. The van der Waals surface area contributed by atoms with Gasteiger partial charge in [-0.1, -0.05) is 6.07 Å². The lowest BCUT2D eigenvalue weighted by Gasteiger charge is -2.16. The molecule has 1 aromatic rings. The fourth-order valence-electron chi connectivity index (χ4n) is 1.93. The molecule has 1 atom stereocenters. The summed E-state index contributed by atoms with van der Waals surface area (Å²) in [5.41, 5.74) is 0.712. The van der Waals surface area contributed by atoms with Crippen molar-refractivity contribution in [1.29, 1.82) is 5.26 Å². The van der Waals surface area contributed by atoms with Gasteiger partial charge in [0.2, 0.25) is 0 Å². The van der Waals surface area contributed by atoms with E-state index in [9.17, 15) is 5.11 Å². The van der Waals surface area contributed by atoms with Gasteiger partial charge in [-0.25, -0.2) is 4.98 Å². The maximum atomic E-state index is 9.60. The molecule has 1 N–H and O–H groups in total. The molecule has 0 spiro atoms. The number of nitrogens with zero attached hydrogens (tertiary/aromatic N) is 3. The Kier molecular flexibility index (Phi) is 3.37. The zero-order valence-corrected chi connectivity index (χ0v) is 9.13. The fraction of sp³-hybridized carbons (Fsp3) is 0.500. The molecule has 1 saturated heterocycles. The number of aliphatic hydroxyl groups is 1. The second-order valence-electron chi connectivity index (χ2n) is 4.02. The summed E-state index contributed by atoms with van der Waals surface area (Å²) in [6.07, 6.45) is 3.51. The molecule has 1 aliphatic rings. The number of hydrogen-bond donors (Lipinski definition) is 1. The van der Waals surface area contributed by atoms with Gasteiger partial charge in [0.25, 0.3) is 0 Å². The van der Waals surface area contributed by atoms with E-state index < -0.39 is 6.10 Å². The third kappa shape index (κ3) is 2.31. The molecular weight excluding hydrogens is 202 g/mol. The van der Waals surface area contributed by atoms with Gasteiger partial charge in [-0.05, 0) is 24.5 Å². The molecule has 84 valence electrons. The van der Waals surface area contributed by atoms with Gasteiger partial charge >= 0.3 is 0 Å². The number of rotatable bonds is 3. The average Bonchev–Trinajstić information content (AvgIpc) is 2.83. The lowest BCUT2D eigenvalue weighted by atomic mass is 10.1. The highest BCUT2D eigenvalue weighted by Crippen LogP contribution is 2.20. The first-order valence-corrected chi connectivity index (χ1v) is 5.57. The molecule has 2 heterocycles. The van der Waals surface area contributed by atoms with Gasteiger partial charge in [0.05, 0.1) is 18.6 Å². The van der Waals surface area contributed by atoms with Crippen LogP contribution in [0.1, 0.15) is 30.9 Å². The van der Waals surface area contributed by atoms with Crippen molar-refractivity contribution in [3.63, 3.8) is 0 Å². The monoisotopic (exact) mass is 217 g/mol. The van der Waals surface area contributed by atoms with E-state index in [1.54, 1.807) is 6.20 Å². The van der Waals surface area contributed by atoms with Crippen LogP contribution in [0.25, 0.3) is 0 Å². The number of aliphatic hydroxyl groups excluding tert-OH is 1. The molecule has 4 nitrogen and oxygen atoms in total. The van der Waals surface area contributed by atoms with E-state index in [2.05, 4.69) is 9.88 Å². The largest absolute Gasteiger partial charge is 0.387 e. The Morgan fingerprint density at radius 2 is 2.19 bits per heavy atom. The van der Waals surface area contributed by atoms with Gasteiger partial charge in [0, 0.05) is 19.3 Å². The molecule has 0 aliphatic carbocycles. The van der Waals surface area contributed by atoms with Crippen molar-refractivity contribution < 1.29 is 5.11 Å². The molecule has 0 bridgehead atoms. The van der Waals surface area contributed by atoms with Crippen molar-refractivity contribution in [2.45, 2.75) is 25.4 Å². The first-order chi connectivity index (χ1) is 7.81. The van der Waals surface area contributed by atoms with E-state index >= 15 is 0 Å². The first kappa shape index (κ1) is 10.9. The highest BCUT2D eigenvalue weighted by atomic mass is 16.3. The minimum absolute atomic E-state index is 0.116. The van der Waals surface area contributed by atoms with Crippen molar-refractivity contribution in [2.75, 3.05) is 18.0 Å². The van der Waals surface area contributed by atoms with E-state index in [1.807, 2.05) is 18.2 Å². The maximum Gasteiger partial charge on any atom is 0.128 e. The van der Waals surface area contributed by atoms with E-state index in [-0.39, 0.29) is 6.42 Å². The zero-order chi connectivity index (χ0) is 11.4. The van der Waals surface area contributed by atoms with Crippen LogP contribution in [0.5, 0.6) is 0 Å². The van der Waals surface area contributed by atoms with Crippen LogP contribution < -0.4 is 4.90 Å². The van der Waals surface area contributed by atoms with E-state index in [0.29, 0.717) is 5.56 Å². The Morgan fingerprint density at radius 1 is 1.44 bits per heavy atom. The Hall–Kier alpha value is -1.60. The summed E-state index contributed by atoms with van der Waals surface area (Å²) >= 11 is 0. The van der Waals surface area contributed by atoms with E-state index in [4.69, 9.17) is 5.26 Å². The van der Waals surface area contributed by atoms with Crippen LogP contribution >= 0.6 is 0 Å². The standard InChI is InChI=1S/C12H15N3O/c13-6-5-11(16)10-3-4-12(14-9-10)15-7-1-2-8-15/h3-4,9,11,16H,1-2,5,7-8H2. The highest BCUT2D eigenvalue weighted by molar-refractivity contribution is 5.40. The minimum Gasteiger partial charge on any atom is -0.387 e. The van der Waals surface area contributed by atoms with E-state index in [0.717, 1.165) is 18.9 Å². The molecule has 0 radical (unpaired) electrons. The van der Waals surface area contributed by atoms with Crippen molar-refractivity contribution >= 4 is 5.82 Å². The second-order valence-corrected chi connectivity index (χ2v) is 4.02. The summed E-state index contributed by atoms with van der Waals surface area (Å²) < 4.78 is 0. The normalized spacial score (nSPS) is 17.1. The van der Waals surface area contributed by atoms with E-state index in [1.165, 1.54) is 12.8 Å². The summed E-state index contributed by atoms with van der Waals surface area (Å²) in [7, 11) is 0. The van der Waals surface area contributed by atoms with Crippen LogP contribution in [0, 0.1) is 11.3 Å². The summed E-state index contributed by atoms with van der Waals surface area (Å²) in [4.78, 5) is 6.56. The molecule has 1 aliphatic heterocycles. The molecule has 0 aromatic carbocycles. The fourth-order valence-corrected chi connectivity index (χ4v) is 1.93. The summed E-state index contributed by atoms with van der Waals surface area (Å²) in [5, 5.41) is 18.1. The van der Waals surface area contributed by atoms with Gasteiger partial charge < -0.3 is 10.0 Å². The highest BCUT2D eigenvalue weighted by Gasteiger charge is 2.14. The lowest BCUT2D eigenvalue weighted by Crippen LogP contribution is -2.18. The smallest absolute Gasteiger partial charge is 0.128 e. The van der Waals surface area contributed by atoms with Crippen LogP contribution in [0.15, 0.2) is 18.3 Å². The third-order valence-corrected chi connectivity index (χ3v) is 2.87. The SMILES string of the molecule is N#CCC(O)c1ccc(N2CCCC2)nc1. The van der Waals surface area contributed by atoms with Crippen LogP contribution in [-0.4, -0.2) is 23.2 Å². The van der Waals surface area contributed by atoms with Gasteiger partial charge in [-0.3, -0.25) is 0 Å². The molecule has 0 saturated carbocycles. The van der Waals surface area contributed by atoms with Gasteiger partial charge in [-0.15, -0.1) is 0 Å². The average molecular weight is 217 g/mol. The predicted octanol–water partition coefficient (Wildman–Crippen LogP) is 1.63. The maximum absolute atomic E-state index is 9.60. The van der Waals surface area contributed by atoms with Gasteiger partial charge in [0.1, 0.15) is 5.82 Å². The number of anilines is 1. The summed E-state index contributed by atoms with van der Waals surface area (Å²) in [6.45, 7) is 2.13. The number of hydrogen-bond acceptors (Lipinski definition) is 4. The van der Waals surface area contributed by atoms with Crippen LogP contribution in [0.4, 0.5) is 5.82 Å². The molecule has 16 heavy (non-hydrogen) atoms. The topological polar surface area (TPSA) is 60.1 Å². The third-order valence-electron chi connectivity index (χ3n) is 2.87. The van der Waals surface area contributed by atoms with Crippen molar-refractivity contribution in [1.82, 2.24) is 4.98 Å². The van der Waals surface area contributed by atoms with Gasteiger partial charge in [0.15, 0.2) is 0 Å². The number of nitriles is 1. The Bertz CT molecular complexity index is 376. The molecule has 0 amide bonds. The van der Waals surface area contributed by atoms with Crippen LogP contribution in [0.2, 0.25) is 0 Å². The molecule has 1 aromatic heterocycles. The quantitative estimate of drug-likeness (QED) is 0.836. The van der Waals surface area contributed by atoms with Crippen LogP contribution in [0.3, 0.4) is 0 Å². The predicted molar refractivity (Wildman–Crippen MR) is 60.9 cm³/mol. The Morgan fingerprint density at radius 3 is 2.75 bits per heavy atom. The lowest BCUT2D eigenvalue weighted by molar-refractivity contribution is 0.183. The molecule has 2 rings (SSSR count). The second kappa shape index (κ2) is 4.95. The first-order valence-electron chi connectivity index (χ1n) is 5.57. The molecule has 1 unspecified atom stereocenters. The number of pyridine rings is 1. The molecule has 4 heteroatoms. The van der Waals surface area contributed by atoms with Crippen LogP contribution in [-0.2, 0) is 0 Å². The molecular formula is C12H15N3O. The Balaban J connectivity index is 2.07. The summed E-state index contributed by atoms with van der Waals surface area (Å²) in [5.74, 6) is 0.963. The Labute approximate surface area is 95.1 Å². The minimum atomic E-state index is -0.717. The summed E-state index contributed by atoms with van der Waals surface area (Å²) in [6, 6.07) is 5.72.